The molecule has 0 spiro atoms. The van der Waals surface area contributed by atoms with Crippen molar-refractivity contribution in [1.29, 1.82) is 0 Å². The Kier molecular flexibility index (Phi) is 16.4. The Morgan fingerprint density at radius 1 is 0.658 bits per heavy atom. The van der Waals surface area contributed by atoms with Crippen LogP contribution in [0.2, 0.25) is 0 Å². The van der Waals surface area contributed by atoms with Crippen molar-refractivity contribution in [3.8, 4) is 11.5 Å². The Morgan fingerprint density at radius 3 is 1.79 bits per heavy atom. The van der Waals surface area contributed by atoms with E-state index in [1.165, 1.54) is 38.5 Å². The SMILES string of the molecule is CCCCC(CC)COCC(O)COc1ccc2c(OCC(O)COCC(CC)CCCC)cccc2c1. The quantitative estimate of drug-likeness (QED) is 0.174. The van der Waals surface area contributed by atoms with Gasteiger partial charge >= 0.3 is 0 Å². The molecule has 0 aliphatic rings. The highest BCUT2D eigenvalue weighted by atomic mass is 16.5. The highest BCUT2D eigenvalue weighted by molar-refractivity contribution is 5.89. The van der Waals surface area contributed by atoms with Gasteiger partial charge in [0.05, 0.1) is 13.2 Å². The molecule has 0 fully saturated rings. The van der Waals surface area contributed by atoms with Gasteiger partial charge in [-0.2, -0.15) is 0 Å². The molecule has 6 heteroatoms. The van der Waals surface area contributed by atoms with Crippen molar-refractivity contribution in [2.45, 2.75) is 91.3 Å². The summed E-state index contributed by atoms with van der Waals surface area (Å²) in [5, 5.41) is 22.6. The van der Waals surface area contributed by atoms with E-state index in [0.717, 1.165) is 23.6 Å². The normalized spacial score (nSPS) is 14.8. The van der Waals surface area contributed by atoms with Crippen LogP contribution in [0, 0.1) is 11.8 Å². The minimum absolute atomic E-state index is 0.173. The zero-order chi connectivity index (χ0) is 27.6. The summed E-state index contributed by atoms with van der Waals surface area (Å²) in [5.41, 5.74) is 0. The molecule has 0 bridgehead atoms. The summed E-state index contributed by atoms with van der Waals surface area (Å²) in [4.78, 5) is 0. The first-order valence-electron chi connectivity index (χ1n) is 14.8. The number of fused-ring (bicyclic) bond motifs is 1. The lowest BCUT2D eigenvalue weighted by Crippen LogP contribution is -2.25. The van der Waals surface area contributed by atoms with Crippen molar-refractivity contribution in [2.75, 3.05) is 39.6 Å². The van der Waals surface area contributed by atoms with Gasteiger partial charge in [0.2, 0.25) is 0 Å². The first-order valence-corrected chi connectivity index (χ1v) is 14.8. The van der Waals surface area contributed by atoms with Crippen molar-refractivity contribution in [3.63, 3.8) is 0 Å². The molecular formula is C32H52O6. The minimum atomic E-state index is -0.681. The second-order valence-electron chi connectivity index (χ2n) is 10.5. The summed E-state index contributed by atoms with van der Waals surface area (Å²) in [7, 11) is 0. The molecule has 216 valence electrons. The second-order valence-corrected chi connectivity index (χ2v) is 10.5. The van der Waals surface area contributed by atoms with E-state index < -0.39 is 12.2 Å². The Labute approximate surface area is 230 Å². The number of unbranched alkanes of at least 4 members (excludes halogenated alkanes) is 2. The first kappa shape index (κ1) is 32.4. The number of hydrogen-bond acceptors (Lipinski definition) is 6. The van der Waals surface area contributed by atoms with Gasteiger partial charge in [-0.3, -0.25) is 0 Å². The topological polar surface area (TPSA) is 77.4 Å². The molecule has 6 nitrogen and oxygen atoms in total. The zero-order valence-corrected chi connectivity index (χ0v) is 24.2. The summed E-state index contributed by atoms with van der Waals surface area (Å²) in [5.74, 6) is 2.50. The average molecular weight is 533 g/mol. The fourth-order valence-electron chi connectivity index (χ4n) is 4.46. The van der Waals surface area contributed by atoms with Crippen molar-refractivity contribution >= 4 is 10.8 Å². The van der Waals surface area contributed by atoms with Crippen LogP contribution in [-0.2, 0) is 9.47 Å². The molecule has 2 rings (SSSR count). The van der Waals surface area contributed by atoms with Crippen LogP contribution in [0.5, 0.6) is 11.5 Å². The number of hydrogen-bond donors (Lipinski definition) is 2. The third-order valence-electron chi connectivity index (χ3n) is 7.10. The van der Waals surface area contributed by atoms with E-state index in [4.69, 9.17) is 18.9 Å². The van der Waals surface area contributed by atoms with Crippen LogP contribution in [0.3, 0.4) is 0 Å². The number of ether oxygens (including phenoxy) is 4. The summed E-state index contributed by atoms with van der Waals surface area (Å²) < 4.78 is 23.3. The second kappa shape index (κ2) is 19.2. The van der Waals surface area contributed by atoms with Crippen LogP contribution in [0.15, 0.2) is 36.4 Å². The van der Waals surface area contributed by atoms with Gasteiger partial charge in [0.1, 0.15) is 36.9 Å². The van der Waals surface area contributed by atoms with E-state index in [0.29, 0.717) is 36.5 Å². The van der Waals surface area contributed by atoms with Gasteiger partial charge in [0, 0.05) is 18.6 Å². The van der Waals surface area contributed by atoms with E-state index in [2.05, 4.69) is 27.7 Å². The largest absolute Gasteiger partial charge is 0.491 e. The highest BCUT2D eigenvalue weighted by Gasteiger charge is 2.13. The van der Waals surface area contributed by atoms with Crippen LogP contribution in [0.25, 0.3) is 10.8 Å². The van der Waals surface area contributed by atoms with Gasteiger partial charge in [-0.05, 0) is 54.3 Å². The molecular weight excluding hydrogens is 480 g/mol. The molecule has 0 aliphatic carbocycles. The maximum atomic E-state index is 10.4. The molecule has 0 saturated heterocycles. The maximum absolute atomic E-state index is 10.4. The monoisotopic (exact) mass is 532 g/mol. The number of benzene rings is 2. The van der Waals surface area contributed by atoms with Gasteiger partial charge in [0.15, 0.2) is 0 Å². The highest BCUT2D eigenvalue weighted by Crippen LogP contribution is 2.29. The lowest BCUT2D eigenvalue weighted by atomic mass is 10.0. The molecule has 0 amide bonds. The van der Waals surface area contributed by atoms with E-state index in [1.54, 1.807) is 0 Å². The number of aliphatic hydroxyl groups excluding tert-OH is 2. The molecule has 4 unspecified atom stereocenters. The van der Waals surface area contributed by atoms with Crippen LogP contribution in [-0.4, -0.2) is 62.1 Å². The van der Waals surface area contributed by atoms with E-state index in [-0.39, 0.29) is 26.4 Å². The van der Waals surface area contributed by atoms with Crippen molar-refractivity contribution in [2.24, 2.45) is 11.8 Å². The van der Waals surface area contributed by atoms with Crippen LogP contribution in [0.4, 0.5) is 0 Å². The Bertz CT molecular complexity index is 872. The summed E-state index contributed by atoms with van der Waals surface area (Å²) in [6.45, 7) is 11.1. The molecule has 0 radical (unpaired) electrons. The van der Waals surface area contributed by atoms with E-state index >= 15 is 0 Å². The third-order valence-corrected chi connectivity index (χ3v) is 7.10. The van der Waals surface area contributed by atoms with E-state index in [9.17, 15) is 10.2 Å². The maximum Gasteiger partial charge on any atom is 0.127 e. The Hall–Kier alpha value is -1.86. The third kappa shape index (κ3) is 12.3. The summed E-state index contributed by atoms with van der Waals surface area (Å²) in [6, 6.07) is 11.6. The first-order chi connectivity index (χ1) is 18.5. The molecule has 0 aromatic heterocycles. The molecule has 2 aromatic rings. The minimum Gasteiger partial charge on any atom is -0.491 e. The fraction of sp³-hybridized carbons (Fsp3) is 0.688. The van der Waals surface area contributed by atoms with Gasteiger partial charge in [-0.25, -0.2) is 0 Å². The zero-order valence-electron chi connectivity index (χ0n) is 24.2. The lowest BCUT2D eigenvalue weighted by molar-refractivity contribution is -0.00111. The molecule has 2 N–H and O–H groups in total. The molecule has 0 saturated carbocycles. The van der Waals surface area contributed by atoms with Crippen LogP contribution in [0.1, 0.15) is 79.1 Å². The van der Waals surface area contributed by atoms with Gasteiger partial charge in [-0.15, -0.1) is 0 Å². The standard InChI is InChI=1S/C32H52O6/c1-5-9-12-25(7-3)19-35-21-28(33)23-37-30-16-17-31-27(18-30)14-11-15-32(31)38-24-29(34)22-36-20-26(8-4)13-10-6-2/h11,14-18,25-26,28-29,33-34H,5-10,12-13,19-24H2,1-4H3. The molecule has 38 heavy (non-hydrogen) atoms. The van der Waals surface area contributed by atoms with Gasteiger partial charge in [-0.1, -0.05) is 78.4 Å². The number of rotatable bonds is 22. The smallest absolute Gasteiger partial charge is 0.127 e. The molecule has 4 atom stereocenters. The predicted molar refractivity (Wildman–Crippen MR) is 155 cm³/mol. The van der Waals surface area contributed by atoms with Gasteiger partial charge < -0.3 is 29.2 Å². The van der Waals surface area contributed by atoms with E-state index in [1.807, 2.05) is 36.4 Å². The fourth-order valence-corrected chi connectivity index (χ4v) is 4.46. The Balaban J connectivity index is 1.77. The Morgan fingerprint density at radius 2 is 1.24 bits per heavy atom. The van der Waals surface area contributed by atoms with Crippen molar-refractivity contribution < 1.29 is 29.2 Å². The summed E-state index contributed by atoms with van der Waals surface area (Å²) in [6.07, 6.45) is 8.01. The van der Waals surface area contributed by atoms with Crippen molar-refractivity contribution in [1.82, 2.24) is 0 Å². The number of aliphatic hydroxyl groups is 2. The molecule has 0 aliphatic heterocycles. The lowest BCUT2D eigenvalue weighted by Gasteiger charge is -2.18. The molecule has 0 heterocycles. The van der Waals surface area contributed by atoms with Crippen LogP contribution >= 0.6 is 0 Å². The van der Waals surface area contributed by atoms with Crippen molar-refractivity contribution in [3.05, 3.63) is 36.4 Å². The van der Waals surface area contributed by atoms with Gasteiger partial charge in [0.25, 0.3) is 0 Å². The van der Waals surface area contributed by atoms with Crippen LogP contribution < -0.4 is 9.47 Å². The molecule has 2 aromatic carbocycles. The predicted octanol–water partition coefficient (Wildman–Crippen LogP) is 6.79. The average Bonchev–Trinajstić information content (AvgIpc) is 2.94. The summed E-state index contributed by atoms with van der Waals surface area (Å²) >= 11 is 0.